The highest BCUT2D eigenvalue weighted by Crippen LogP contribution is 2.66. The molecule has 2 aromatic rings. The molecule has 5 atom stereocenters. The number of nitrogen functional groups attached to an aromatic ring is 1. The van der Waals surface area contributed by atoms with Gasteiger partial charge in [-0.3, -0.25) is 14.3 Å². The van der Waals surface area contributed by atoms with Crippen LogP contribution < -0.4 is 11.3 Å². The highest BCUT2D eigenvalue weighted by atomic mass is 79.9. The third kappa shape index (κ3) is 2.56. The first kappa shape index (κ1) is 16.7. The highest BCUT2D eigenvalue weighted by Gasteiger charge is 2.58. The minimum Gasteiger partial charge on any atom is -0.385 e. The second-order valence-electron chi connectivity index (χ2n) is 5.29. The highest BCUT2D eigenvalue weighted by molar-refractivity contribution is 9.10. The number of anilines is 1. The Bertz CT molecular complexity index is 875. The smallest absolute Gasteiger partial charge is 0.385 e. The van der Waals surface area contributed by atoms with Crippen molar-refractivity contribution in [3.05, 3.63) is 15.1 Å². The number of imidazole rings is 1. The maximum Gasteiger partial charge on any atom is 0.476 e. The van der Waals surface area contributed by atoms with Crippen LogP contribution in [-0.2, 0) is 13.8 Å². The fraction of sp³-hybridized carbons (Fsp3) is 0.500. The molecule has 4 heterocycles. The van der Waals surface area contributed by atoms with Crippen molar-refractivity contribution in [2.45, 2.75) is 24.5 Å². The molecular formula is C10H12BrN5O6PS+. The van der Waals surface area contributed by atoms with E-state index >= 15 is 0 Å². The van der Waals surface area contributed by atoms with Gasteiger partial charge in [0.25, 0.3) is 5.56 Å². The van der Waals surface area contributed by atoms with E-state index < -0.39 is 37.2 Å². The maximum atomic E-state index is 11.9. The lowest BCUT2D eigenvalue weighted by Crippen LogP contribution is -2.39. The van der Waals surface area contributed by atoms with Gasteiger partial charge >= 0.3 is 7.15 Å². The number of thiol groups is 1. The van der Waals surface area contributed by atoms with Crippen molar-refractivity contribution in [3.63, 3.8) is 0 Å². The summed E-state index contributed by atoms with van der Waals surface area (Å²) in [6, 6.07) is 0. The van der Waals surface area contributed by atoms with Crippen LogP contribution >= 0.6 is 35.3 Å². The van der Waals surface area contributed by atoms with Crippen molar-refractivity contribution in [2.24, 2.45) is 0 Å². The van der Waals surface area contributed by atoms with Crippen LogP contribution in [0.15, 0.2) is 9.53 Å². The number of H-pyrrole nitrogens is 1. The van der Waals surface area contributed by atoms with Gasteiger partial charge in [0.2, 0.25) is 5.95 Å². The normalized spacial score (nSPS) is 36.2. The zero-order valence-electron chi connectivity index (χ0n) is 11.7. The lowest BCUT2D eigenvalue weighted by molar-refractivity contribution is -0.0606. The zero-order chi connectivity index (χ0) is 17.2. The monoisotopic (exact) mass is 440 g/mol. The van der Waals surface area contributed by atoms with Gasteiger partial charge in [-0.05, 0) is 15.9 Å². The number of aliphatic hydroxyl groups is 1. The van der Waals surface area contributed by atoms with E-state index in [2.05, 4.69) is 43.1 Å². The van der Waals surface area contributed by atoms with Gasteiger partial charge in [0.15, 0.2) is 28.2 Å². The second-order valence-corrected chi connectivity index (χ2v) is 8.96. The number of hydrogen-bond acceptors (Lipinski definition) is 10. The summed E-state index contributed by atoms with van der Waals surface area (Å²) in [5.41, 5.74) is 5.24. The molecule has 0 aromatic carbocycles. The predicted octanol–water partition coefficient (Wildman–Crippen LogP) is -0.262. The molecule has 0 amide bonds. The molecular weight excluding hydrogens is 429 g/mol. The number of aromatic nitrogens is 4. The number of rotatable bonds is 1. The van der Waals surface area contributed by atoms with E-state index in [1.807, 2.05) is 0 Å². The van der Waals surface area contributed by atoms with Crippen LogP contribution in [0.3, 0.4) is 0 Å². The Morgan fingerprint density at radius 3 is 3.00 bits per heavy atom. The lowest BCUT2D eigenvalue weighted by atomic mass is 10.1. The first-order valence-electron chi connectivity index (χ1n) is 6.71. The molecule has 4 rings (SSSR count). The van der Waals surface area contributed by atoms with Crippen molar-refractivity contribution >= 4 is 52.4 Å². The number of halogens is 1. The minimum atomic E-state index is -3.30. The number of fused-ring (bicyclic) bond motifs is 2. The van der Waals surface area contributed by atoms with Crippen LogP contribution in [-0.4, -0.2) is 54.4 Å². The van der Waals surface area contributed by atoms with E-state index in [1.165, 1.54) is 4.57 Å². The summed E-state index contributed by atoms with van der Waals surface area (Å²) in [6.07, 6.45) is -3.61. The molecule has 5 N–H and O–H groups in total. The van der Waals surface area contributed by atoms with Gasteiger partial charge in [0, 0.05) is 0 Å². The molecule has 1 unspecified atom stereocenters. The van der Waals surface area contributed by atoms with Crippen molar-refractivity contribution in [1.29, 1.82) is 0 Å². The van der Waals surface area contributed by atoms with Gasteiger partial charge in [-0.25, -0.2) is 4.98 Å². The van der Waals surface area contributed by atoms with Gasteiger partial charge in [0.05, 0.1) is 12.2 Å². The Kier molecular flexibility index (Phi) is 3.89. The summed E-state index contributed by atoms with van der Waals surface area (Å²) < 4.78 is 17.8. The van der Waals surface area contributed by atoms with Crippen molar-refractivity contribution < 1.29 is 23.8 Å². The topological polar surface area (TPSA) is 158 Å². The van der Waals surface area contributed by atoms with Crippen LogP contribution in [0.4, 0.5) is 5.95 Å². The zero-order valence-corrected chi connectivity index (χ0v) is 15.1. The Labute approximate surface area is 148 Å². The number of nitrogens with two attached hydrogens (primary N) is 1. The predicted molar refractivity (Wildman–Crippen MR) is 89.1 cm³/mol. The summed E-state index contributed by atoms with van der Waals surface area (Å²) in [6.45, 7) is 0.00635. The molecule has 2 aromatic heterocycles. The van der Waals surface area contributed by atoms with E-state index in [0.717, 1.165) is 0 Å². The van der Waals surface area contributed by atoms with Gasteiger partial charge in [-0.2, -0.15) is 18.9 Å². The summed E-state index contributed by atoms with van der Waals surface area (Å²) in [5.74, 6) is -0.0960. The first-order valence-corrected chi connectivity index (χ1v) is 10.2. The molecule has 2 saturated heterocycles. The molecule has 2 aliphatic heterocycles. The SMILES string of the molecule is Nc1nc2c(nc(Br)n2[C@@H]2O[C@@H]3CO[P+](O)(S)O[C@H]3[C@H]2O)c(=O)[nH]1. The van der Waals surface area contributed by atoms with E-state index in [0.29, 0.717) is 0 Å². The first-order chi connectivity index (χ1) is 11.3. The van der Waals surface area contributed by atoms with Gasteiger partial charge in [0.1, 0.15) is 18.8 Å². The average Bonchev–Trinajstić information content (AvgIpc) is 2.96. The third-order valence-electron chi connectivity index (χ3n) is 3.76. The van der Waals surface area contributed by atoms with E-state index in [4.69, 9.17) is 19.5 Å². The number of aliphatic hydroxyl groups excluding tert-OH is 1. The van der Waals surface area contributed by atoms with Gasteiger partial charge < -0.3 is 15.6 Å². The van der Waals surface area contributed by atoms with E-state index in [1.54, 1.807) is 0 Å². The van der Waals surface area contributed by atoms with Crippen LogP contribution in [0.25, 0.3) is 11.2 Å². The lowest BCUT2D eigenvalue weighted by Gasteiger charge is -2.25. The summed E-state index contributed by atoms with van der Waals surface area (Å²) in [4.78, 5) is 32.2. The molecule has 0 aliphatic carbocycles. The minimum absolute atomic E-state index is 0.00635. The van der Waals surface area contributed by atoms with Crippen LogP contribution in [0, 0.1) is 0 Å². The van der Waals surface area contributed by atoms with Crippen molar-refractivity contribution in [2.75, 3.05) is 12.3 Å². The van der Waals surface area contributed by atoms with E-state index in [9.17, 15) is 14.8 Å². The maximum absolute atomic E-state index is 11.9. The molecule has 0 spiro atoms. The Morgan fingerprint density at radius 2 is 2.25 bits per heavy atom. The number of nitrogens with one attached hydrogen (secondary N) is 1. The molecule has 130 valence electrons. The Balaban J connectivity index is 1.79. The summed E-state index contributed by atoms with van der Waals surface area (Å²) >= 11 is 7.13. The molecule has 0 saturated carbocycles. The number of aromatic amines is 1. The molecule has 0 bridgehead atoms. The molecule has 2 fully saturated rings. The fourth-order valence-electron chi connectivity index (χ4n) is 2.76. The van der Waals surface area contributed by atoms with Crippen LogP contribution in [0.1, 0.15) is 6.23 Å². The van der Waals surface area contributed by atoms with Crippen molar-refractivity contribution in [3.8, 4) is 0 Å². The Morgan fingerprint density at radius 1 is 1.50 bits per heavy atom. The number of nitrogens with zero attached hydrogens (tertiary/aromatic N) is 3. The molecule has 24 heavy (non-hydrogen) atoms. The summed E-state index contributed by atoms with van der Waals surface area (Å²) in [7, 11) is -3.30. The third-order valence-corrected chi connectivity index (χ3v) is 5.95. The molecule has 14 heteroatoms. The standard InChI is InChI=1S/C10H11BrN5O6PS/c11-9-13-3-6(14-10(12)15-7(3)18)16(9)8-4(17)5-2(21-8)1-20-23(19,24)22-5/h2,4-5,8,17,19,24H,1H2,(H2-,12,14,15,18)/p+1/t2-,4-,5-,8-,23?/m1/s1. The van der Waals surface area contributed by atoms with Crippen molar-refractivity contribution in [1.82, 2.24) is 19.5 Å². The van der Waals surface area contributed by atoms with Crippen LogP contribution in [0.2, 0.25) is 0 Å². The second kappa shape index (κ2) is 5.61. The largest absolute Gasteiger partial charge is 0.476 e. The summed E-state index contributed by atoms with van der Waals surface area (Å²) in [5, 5.41) is 10.6. The molecule has 11 nitrogen and oxygen atoms in total. The number of ether oxygens (including phenoxy) is 1. The number of hydrogen-bond donors (Lipinski definition) is 5. The molecule has 0 radical (unpaired) electrons. The quantitative estimate of drug-likeness (QED) is 0.228. The van der Waals surface area contributed by atoms with E-state index in [-0.39, 0.29) is 28.5 Å². The van der Waals surface area contributed by atoms with Crippen LogP contribution in [0.5, 0.6) is 0 Å². The fourth-order valence-corrected chi connectivity index (χ4v) is 4.81. The van der Waals surface area contributed by atoms with Gasteiger partial charge in [-0.1, -0.05) is 0 Å². The van der Waals surface area contributed by atoms with Gasteiger partial charge in [-0.15, -0.1) is 0 Å². The average molecular weight is 441 g/mol. The Hall–Kier alpha value is -0.790. The molecule has 2 aliphatic rings.